The number of fused-ring (bicyclic) bond motifs is 2. The van der Waals surface area contributed by atoms with Crippen LogP contribution < -0.4 is 4.90 Å². The van der Waals surface area contributed by atoms with Gasteiger partial charge in [-0.15, -0.1) is 0 Å². The van der Waals surface area contributed by atoms with Crippen molar-refractivity contribution in [2.75, 3.05) is 18.0 Å². The molecule has 4 aliphatic rings. The Kier molecular flexibility index (Phi) is 4.42. The van der Waals surface area contributed by atoms with Gasteiger partial charge in [0.05, 0.1) is 5.56 Å². The fourth-order valence-corrected chi connectivity index (χ4v) is 5.65. The summed E-state index contributed by atoms with van der Waals surface area (Å²) in [6.45, 7) is 2.27. The van der Waals surface area contributed by atoms with Crippen LogP contribution in [0.3, 0.4) is 0 Å². The Bertz CT molecular complexity index is 914. The van der Waals surface area contributed by atoms with Crippen LogP contribution in [0.15, 0.2) is 54.6 Å². The fraction of sp³-hybridized carbons (Fsp3) is 0.435. The third kappa shape index (κ3) is 3.23. The van der Waals surface area contributed by atoms with Gasteiger partial charge in [-0.2, -0.15) is 13.2 Å². The van der Waals surface area contributed by atoms with Gasteiger partial charge in [0.25, 0.3) is 0 Å². The molecule has 2 aromatic rings. The number of rotatable bonds is 3. The zero-order valence-electron chi connectivity index (χ0n) is 16.0. The van der Waals surface area contributed by atoms with Crippen molar-refractivity contribution in [3.05, 3.63) is 65.7 Å². The summed E-state index contributed by atoms with van der Waals surface area (Å²) in [7, 11) is 0. The number of nitrogens with zero attached hydrogens (tertiary/aromatic N) is 2. The first-order chi connectivity index (χ1) is 13.9. The molecule has 29 heavy (non-hydrogen) atoms. The normalized spacial score (nSPS) is 29.3. The minimum absolute atomic E-state index is 0.00313. The first-order valence-corrected chi connectivity index (χ1v) is 10.2. The molecule has 4 atom stereocenters. The Balaban J connectivity index is 1.40. The van der Waals surface area contributed by atoms with E-state index < -0.39 is 11.7 Å². The molecule has 0 radical (unpaired) electrons. The SMILES string of the molecule is O=C1[C@H]2C3CC[C@H]([C@H]2CN1c1cccc(C(F)(F)F)c1)N(Cc1ccccc1)C3. The van der Waals surface area contributed by atoms with Crippen molar-refractivity contribution in [1.82, 2.24) is 4.90 Å². The standard InChI is InChI=1S/C23H23F3N2O/c24-23(25,26)17-7-4-8-18(11-17)28-14-19-20-10-9-16(21(19)22(28)29)13-27(20)12-15-5-2-1-3-6-15/h1-8,11,16,19-21H,9-10,12-14H2/t16?,19-,20-,21+/m1/s1. The van der Waals surface area contributed by atoms with Gasteiger partial charge in [-0.25, -0.2) is 0 Å². The Labute approximate surface area is 168 Å². The van der Waals surface area contributed by atoms with Gasteiger partial charge in [0, 0.05) is 43.2 Å². The number of alkyl halides is 3. The number of hydrogen-bond donors (Lipinski definition) is 0. The summed E-state index contributed by atoms with van der Waals surface area (Å²) in [6, 6.07) is 15.8. The molecule has 1 saturated carbocycles. The Hall–Kier alpha value is -2.34. The van der Waals surface area contributed by atoms with Gasteiger partial charge in [-0.1, -0.05) is 36.4 Å². The highest BCUT2D eigenvalue weighted by Gasteiger charge is 2.55. The third-order valence-corrected chi connectivity index (χ3v) is 6.89. The van der Waals surface area contributed by atoms with E-state index in [2.05, 4.69) is 17.0 Å². The van der Waals surface area contributed by atoms with Crippen molar-refractivity contribution in [2.24, 2.45) is 17.8 Å². The van der Waals surface area contributed by atoms with Crippen LogP contribution in [0.5, 0.6) is 0 Å². The number of benzene rings is 2. The minimum atomic E-state index is -4.41. The molecule has 3 aliphatic heterocycles. The van der Waals surface area contributed by atoms with Gasteiger partial charge in [-0.3, -0.25) is 9.69 Å². The van der Waals surface area contributed by atoms with E-state index in [1.807, 2.05) is 18.2 Å². The lowest BCUT2D eigenvalue weighted by molar-refractivity contribution is -0.137. The summed E-state index contributed by atoms with van der Waals surface area (Å²) in [5.74, 6) is 0.420. The van der Waals surface area contributed by atoms with Crippen molar-refractivity contribution in [3.8, 4) is 0 Å². The van der Waals surface area contributed by atoms with Crippen molar-refractivity contribution in [2.45, 2.75) is 31.6 Å². The number of carbonyl (C=O) groups excluding carboxylic acids is 1. The van der Waals surface area contributed by atoms with E-state index in [-0.39, 0.29) is 23.7 Å². The number of hydrogen-bond acceptors (Lipinski definition) is 2. The lowest BCUT2D eigenvalue weighted by Gasteiger charge is -2.51. The number of halogens is 3. The van der Waals surface area contributed by atoms with Gasteiger partial charge >= 0.3 is 6.18 Å². The maximum atomic E-state index is 13.2. The Morgan fingerprint density at radius 1 is 0.966 bits per heavy atom. The number of carbonyl (C=O) groups is 1. The summed E-state index contributed by atoms with van der Waals surface area (Å²) in [5.41, 5.74) is 0.926. The minimum Gasteiger partial charge on any atom is -0.312 e. The average Bonchev–Trinajstić information content (AvgIpc) is 3.08. The molecule has 152 valence electrons. The monoisotopic (exact) mass is 400 g/mol. The topological polar surface area (TPSA) is 23.6 Å². The molecule has 6 rings (SSSR count). The molecule has 4 fully saturated rings. The van der Waals surface area contributed by atoms with E-state index in [4.69, 9.17) is 0 Å². The maximum Gasteiger partial charge on any atom is 0.416 e. The molecule has 2 aromatic carbocycles. The second kappa shape index (κ2) is 6.87. The Morgan fingerprint density at radius 3 is 2.52 bits per heavy atom. The summed E-state index contributed by atoms with van der Waals surface area (Å²) in [5, 5.41) is 0. The zero-order chi connectivity index (χ0) is 20.2. The highest BCUT2D eigenvalue weighted by atomic mass is 19.4. The highest BCUT2D eigenvalue weighted by Crippen LogP contribution is 2.49. The van der Waals surface area contributed by atoms with Crippen LogP contribution in [0.2, 0.25) is 0 Å². The van der Waals surface area contributed by atoms with Crippen LogP contribution in [0.1, 0.15) is 24.0 Å². The lowest BCUT2D eigenvalue weighted by atomic mass is 9.66. The van der Waals surface area contributed by atoms with Gasteiger partial charge in [0.15, 0.2) is 0 Å². The molecule has 6 heteroatoms. The largest absolute Gasteiger partial charge is 0.416 e. The molecule has 1 amide bonds. The van der Waals surface area contributed by atoms with E-state index in [1.165, 1.54) is 11.6 Å². The quantitative estimate of drug-likeness (QED) is 0.753. The van der Waals surface area contributed by atoms with Crippen LogP contribution in [0, 0.1) is 17.8 Å². The molecule has 3 heterocycles. The summed E-state index contributed by atoms with van der Waals surface area (Å²) in [4.78, 5) is 17.3. The van der Waals surface area contributed by atoms with Gasteiger partial charge in [0.1, 0.15) is 0 Å². The van der Waals surface area contributed by atoms with Crippen LogP contribution >= 0.6 is 0 Å². The second-order valence-electron chi connectivity index (χ2n) is 8.51. The molecule has 0 aromatic heterocycles. The van der Waals surface area contributed by atoms with Crippen molar-refractivity contribution >= 4 is 11.6 Å². The summed E-state index contributed by atoms with van der Waals surface area (Å²) in [6.07, 6.45) is -2.32. The van der Waals surface area contributed by atoms with Crippen LogP contribution in [0.4, 0.5) is 18.9 Å². The smallest absolute Gasteiger partial charge is 0.312 e. The van der Waals surface area contributed by atoms with Crippen LogP contribution in [-0.4, -0.2) is 29.9 Å². The predicted molar refractivity (Wildman–Crippen MR) is 104 cm³/mol. The van der Waals surface area contributed by atoms with Crippen LogP contribution in [0.25, 0.3) is 0 Å². The van der Waals surface area contributed by atoms with Crippen molar-refractivity contribution < 1.29 is 18.0 Å². The molecule has 0 N–H and O–H groups in total. The van der Waals surface area contributed by atoms with Gasteiger partial charge < -0.3 is 4.90 Å². The van der Waals surface area contributed by atoms with Gasteiger partial charge in [-0.05, 0) is 42.5 Å². The highest BCUT2D eigenvalue weighted by molar-refractivity contribution is 5.98. The Morgan fingerprint density at radius 2 is 1.76 bits per heavy atom. The second-order valence-corrected chi connectivity index (χ2v) is 8.51. The molecule has 0 spiro atoms. The molecule has 3 nitrogen and oxygen atoms in total. The molecular weight excluding hydrogens is 377 g/mol. The van der Waals surface area contributed by atoms with E-state index in [1.54, 1.807) is 11.0 Å². The van der Waals surface area contributed by atoms with E-state index >= 15 is 0 Å². The van der Waals surface area contributed by atoms with E-state index in [9.17, 15) is 18.0 Å². The zero-order valence-corrected chi connectivity index (χ0v) is 16.0. The van der Waals surface area contributed by atoms with E-state index in [0.717, 1.165) is 38.1 Å². The van der Waals surface area contributed by atoms with E-state index in [0.29, 0.717) is 18.3 Å². The van der Waals surface area contributed by atoms with Gasteiger partial charge in [0.2, 0.25) is 5.91 Å². The third-order valence-electron chi connectivity index (χ3n) is 6.89. The average molecular weight is 400 g/mol. The first kappa shape index (κ1) is 18.7. The lowest BCUT2D eigenvalue weighted by Crippen LogP contribution is -2.57. The van der Waals surface area contributed by atoms with Crippen molar-refractivity contribution in [1.29, 1.82) is 0 Å². The molecule has 1 aliphatic carbocycles. The number of anilines is 1. The molecule has 2 bridgehead atoms. The molecule has 3 saturated heterocycles. The summed E-state index contributed by atoms with van der Waals surface area (Å²) < 4.78 is 39.4. The predicted octanol–water partition coefficient (Wildman–Crippen LogP) is 4.58. The first-order valence-electron chi connectivity index (χ1n) is 10.2. The molecular formula is C23H23F3N2O. The van der Waals surface area contributed by atoms with Crippen molar-refractivity contribution in [3.63, 3.8) is 0 Å². The summed E-state index contributed by atoms with van der Waals surface area (Å²) >= 11 is 0. The fourth-order valence-electron chi connectivity index (χ4n) is 5.65. The maximum absolute atomic E-state index is 13.2. The number of piperidine rings is 2. The molecule has 1 unspecified atom stereocenters. The number of amides is 1. The van der Waals surface area contributed by atoms with Crippen LogP contribution in [-0.2, 0) is 17.5 Å².